The van der Waals surface area contributed by atoms with E-state index in [1.807, 2.05) is 0 Å². The van der Waals surface area contributed by atoms with Crippen LogP contribution in [0.2, 0.25) is 5.02 Å². The molecule has 1 aromatic carbocycles. The van der Waals surface area contributed by atoms with E-state index in [4.69, 9.17) is 25.8 Å². The molecule has 0 bridgehead atoms. The maximum atomic E-state index is 6.60. The summed E-state index contributed by atoms with van der Waals surface area (Å²) in [4.78, 5) is 0. The van der Waals surface area contributed by atoms with Crippen molar-refractivity contribution in [1.29, 1.82) is 0 Å². The highest BCUT2D eigenvalue weighted by molar-refractivity contribution is 6.33. The van der Waals surface area contributed by atoms with Crippen LogP contribution >= 0.6 is 11.6 Å². The lowest BCUT2D eigenvalue weighted by Gasteiger charge is -2.39. The van der Waals surface area contributed by atoms with Gasteiger partial charge in [-0.2, -0.15) is 0 Å². The molecule has 1 unspecified atom stereocenters. The molecule has 0 saturated carbocycles. The first-order chi connectivity index (χ1) is 9.38. The van der Waals surface area contributed by atoms with Crippen molar-refractivity contribution < 1.29 is 14.2 Å². The monoisotopic (exact) mass is 299 g/mol. The van der Waals surface area contributed by atoms with Gasteiger partial charge in [0.15, 0.2) is 11.5 Å². The van der Waals surface area contributed by atoms with Crippen LogP contribution in [-0.4, -0.2) is 27.9 Å². The maximum Gasteiger partial charge on any atom is 0.205 e. The summed E-state index contributed by atoms with van der Waals surface area (Å²) in [5.41, 5.74) is 2.01. The second kappa shape index (κ2) is 5.34. The highest BCUT2D eigenvalue weighted by Crippen LogP contribution is 2.53. The molecular weight excluding hydrogens is 278 g/mol. The van der Waals surface area contributed by atoms with Crippen molar-refractivity contribution in [1.82, 2.24) is 5.32 Å². The second-order valence-electron chi connectivity index (χ2n) is 5.69. The molecule has 0 saturated heterocycles. The molecule has 0 aliphatic carbocycles. The van der Waals surface area contributed by atoms with Crippen LogP contribution < -0.4 is 19.5 Å². The Morgan fingerprint density at radius 1 is 1.05 bits per heavy atom. The Morgan fingerprint density at radius 2 is 1.60 bits per heavy atom. The van der Waals surface area contributed by atoms with Crippen molar-refractivity contribution in [3.63, 3.8) is 0 Å². The van der Waals surface area contributed by atoms with E-state index in [0.717, 1.165) is 17.7 Å². The minimum atomic E-state index is -0.105. The molecule has 0 amide bonds. The van der Waals surface area contributed by atoms with Crippen LogP contribution in [0.25, 0.3) is 0 Å². The fraction of sp³-hybridized carbons (Fsp3) is 0.600. The molecular formula is C15H22ClNO3. The molecule has 1 aromatic rings. The van der Waals surface area contributed by atoms with Gasteiger partial charge in [0.2, 0.25) is 5.75 Å². The Bertz CT molecular complexity index is 529. The molecule has 1 aliphatic rings. The first-order valence-electron chi connectivity index (χ1n) is 6.64. The van der Waals surface area contributed by atoms with Crippen LogP contribution in [-0.2, 0) is 5.41 Å². The first-order valence-corrected chi connectivity index (χ1v) is 7.02. The van der Waals surface area contributed by atoms with Crippen LogP contribution in [0.5, 0.6) is 17.2 Å². The van der Waals surface area contributed by atoms with Gasteiger partial charge in [0, 0.05) is 23.6 Å². The molecule has 20 heavy (non-hydrogen) atoms. The molecule has 0 spiro atoms. The van der Waals surface area contributed by atoms with Gasteiger partial charge >= 0.3 is 0 Å². The minimum Gasteiger partial charge on any atom is -0.492 e. The number of hydrogen-bond acceptors (Lipinski definition) is 4. The molecule has 0 radical (unpaired) electrons. The van der Waals surface area contributed by atoms with E-state index in [1.165, 1.54) is 0 Å². The molecule has 1 heterocycles. The Morgan fingerprint density at radius 3 is 2.10 bits per heavy atom. The van der Waals surface area contributed by atoms with E-state index in [1.54, 1.807) is 21.3 Å². The van der Waals surface area contributed by atoms with Gasteiger partial charge in [-0.05, 0) is 12.5 Å². The average molecular weight is 300 g/mol. The Labute approximate surface area is 125 Å². The highest BCUT2D eigenvalue weighted by atomic mass is 35.5. The van der Waals surface area contributed by atoms with Crippen molar-refractivity contribution in [3.8, 4) is 17.2 Å². The highest BCUT2D eigenvalue weighted by Gasteiger charge is 2.39. The molecule has 4 nitrogen and oxygen atoms in total. The van der Waals surface area contributed by atoms with E-state index in [2.05, 4.69) is 26.1 Å². The van der Waals surface area contributed by atoms with E-state index in [-0.39, 0.29) is 11.5 Å². The number of halogens is 1. The number of benzene rings is 1. The number of nitrogens with one attached hydrogen (secondary N) is 1. The van der Waals surface area contributed by atoms with Crippen molar-refractivity contribution in [3.05, 3.63) is 16.1 Å². The molecule has 0 fully saturated rings. The van der Waals surface area contributed by atoms with Crippen LogP contribution in [0, 0.1) is 0 Å². The van der Waals surface area contributed by atoms with E-state index in [9.17, 15) is 0 Å². The molecule has 0 aromatic heterocycles. The van der Waals surface area contributed by atoms with Gasteiger partial charge in [0.05, 0.1) is 26.4 Å². The summed E-state index contributed by atoms with van der Waals surface area (Å²) in [5, 5.41) is 4.09. The summed E-state index contributed by atoms with van der Waals surface area (Å²) in [5.74, 6) is 1.77. The minimum absolute atomic E-state index is 0.105. The smallest absolute Gasteiger partial charge is 0.205 e. The normalized spacial score (nSPS) is 20.2. The Hall–Kier alpha value is -1.13. The third kappa shape index (κ3) is 2.11. The summed E-state index contributed by atoms with van der Waals surface area (Å²) in [6, 6.07) is 0.144. The van der Waals surface area contributed by atoms with Crippen molar-refractivity contribution in [2.75, 3.05) is 27.9 Å². The van der Waals surface area contributed by atoms with Crippen molar-refractivity contribution >= 4 is 11.6 Å². The van der Waals surface area contributed by atoms with Crippen LogP contribution in [0.4, 0.5) is 0 Å². The molecule has 5 heteroatoms. The molecule has 1 N–H and O–H groups in total. The Kier molecular flexibility index (Phi) is 4.07. The zero-order valence-electron chi connectivity index (χ0n) is 12.9. The van der Waals surface area contributed by atoms with E-state index in [0.29, 0.717) is 22.3 Å². The molecule has 1 atom stereocenters. The lowest BCUT2D eigenvalue weighted by atomic mass is 9.76. The van der Waals surface area contributed by atoms with Crippen LogP contribution in [0.3, 0.4) is 0 Å². The summed E-state index contributed by atoms with van der Waals surface area (Å²) in [7, 11) is 4.82. The molecule has 1 aliphatic heterocycles. The predicted octanol–water partition coefficient (Wildman–Crippen LogP) is 3.31. The van der Waals surface area contributed by atoms with Crippen molar-refractivity contribution in [2.45, 2.75) is 32.2 Å². The van der Waals surface area contributed by atoms with E-state index < -0.39 is 0 Å². The average Bonchev–Trinajstić information content (AvgIpc) is 2.41. The Balaban J connectivity index is 2.89. The summed E-state index contributed by atoms with van der Waals surface area (Å²) >= 11 is 6.60. The second-order valence-corrected chi connectivity index (χ2v) is 6.07. The summed E-state index contributed by atoms with van der Waals surface area (Å²) in [6.07, 6.45) is 0. The van der Waals surface area contributed by atoms with Crippen LogP contribution in [0.1, 0.15) is 37.9 Å². The van der Waals surface area contributed by atoms with Gasteiger partial charge in [0.1, 0.15) is 0 Å². The fourth-order valence-electron chi connectivity index (χ4n) is 2.91. The lowest BCUT2D eigenvalue weighted by molar-refractivity contribution is 0.308. The third-order valence-corrected chi connectivity index (χ3v) is 4.28. The number of fused-ring (bicyclic) bond motifs is 1. The lowest BCUT2D eigenvalue weighted by Crippen LogP contribution is -2.41. The van der Waals surface area contributed by atoms with Gasteiger partial charge in [-0.3, -0.25) is 0 Å². The first kappa shape index (κ1) is 15.3. The molecule has 2 rings (SSSR count). The quantitative estimate of drug-likeness (QED) is 0.929. The number of hydrogen-bond donors (Lipinski definition) is 1. The van der Waals surface area contributed by atoms with Gasteiger partial charge in [-0.15, -0.1) is 0 Å². The maximum absolute atomic E-state index is 6.60. The number of ether oxygens (including phenoxy) is 3. The topological polar surface area (TPSA) is 39.7 Å². The summed E-state index contributed by atoms with van der Waals surface area (Å²) in [6.45, 7) is 7.25. The molecule has 112 valence electrons. The SMILES string of the molecule is COc1c(Cl)c2c(c(OC)c1OC)C(C)NCC2(C)C. The zero-order valence-corrected chi connectivity index (χ0v) is 13.6. The number of rotatable bonds is 3. The fourth-order valence-corrected chi connectivity index (χ4v) is 3.43. The largest absolute Gasteiger partial charge is 0.492 e. The summed E-state index contributed by atoms with van der Waals surface area (Å²) < 4.78 is 16.5. The van der Waals surface area contributed by atoms with Crippen LogP contribution in [0.15, 0.2) is 0 Å². The predicted molar refractivity (Wildman–Crippen MR) is 80.6 cm³/mol. The number of methoxy groups -OCH3 is 3. The third-order valence-electron chi connectivity index (χ3n) is 3.92. The van der Waals surface area contributed by atoms with Gasteiger partial charge < -0.3 is 19.5 Å². The van der Waals surface area contributed by atoms with Crippen molar-refractivity contribution in [2.24, 2.45) is 0 Å². The van der Waals surface area contributed by atoms with Gasteiger partial charge in [0.25, 0.3) is 0 Å². The standard InChI is InChI=1S/C15H22ClNO3/c1-8-9-10(15(2,3)7-17-8)11(16)13(19-5)14(20-6)12(9)18-4/h8,17H,7H2,1-6H3. The van der Waals surface area contributed by atoms with Gasteiger partial charge in [-0.25, -0.2) is 0 Å². The van der Waals surface area contributed by atoms with E-state index >= 15 is 0 Å². The van der Waals surface area contributed by atoms with Gasteiger partial charge in [-0.1, -0.05) is 25.4 Å². The zero-order chi connectivity index (χ0) is 15.1.